The van der Waals surface area contributed by atoms with Crippen molar-refractivity contribution in [2.75, 3.05) is 6.17 Å². The van der Waals surface area contributed by atoms with Crippen molar-refractivity contribution in [1.29, 1.82) is 0 Å². The third kappa shape index (κ3) is 6.86. The average Bonchev–Trinajstić information content (AvgIpc) is 2.35. The predicted octanol–water partition coefficient (Wildman–Crippen LogP) is 4.04. The van der Waals surface area contributed by atoms with E-state index in [1.165, 1.54) is 32.1 Å². The molecule has 0 unspecified atom stereocenters. The number of hydrogen-bond acceptors (Lipinski definition) is 4. The number of nitrogens with one attached hydrogen (secondary N) is 1. The minimum absolute atomic E-state index is 0.502. The Balaban J connectivity index is 2.77. The molecule has 0 aromatic rings. The van der Waals surface area contributed by atoms with Crippen LogP contribution in [0.5, 0.6) is 0 Å². The molecule has 0 spiro atoms. The Hall–Kier alpha value is -1.20. The van der Waals surface area contributed by atoms with Gasteiger partial charge in [0.2, 0.25) is 0 Å². The molecule has 1 aliphatic carbocycles. The second kappa shape index (κ2) is 8.29. The third-order valence-electron chi connectivity index (χ3n) is 3.20. The molecule has 1 saturated carbocycles. The Bertz CT molecular complexity index is 348. The highest BCUT2D eigenvalue weighted by molar-refractivity contribution is 6.61. The normalized spacial score (nSPS) is 16.1. The molecule has 0 amide bonds. The molecule has 1 rings (SSSR count). The molecule has 0 aliphatic heterocycles. The van der Waals surface area contributed by atoms with Crippen LogP contribution in [-0.4, -0.2) is 21.0 Å². The first-order valence-corrected chi connectivity index (χ1v) is 9.53. The number of rotatable bonds is 9. The van der Waals surface area contributed by atoms with E-state index in [2.05, 4.69) is 25.1 Å². The van der Waals surface area contributed by atoms with Crippen molar-refractivity contribution >= 4 is 8.80 Å². The summed E-state index contributed by atoms with van der Waals surface area (Å²) >= 11 is 0. The Kier molecular flexibility index (Phi) is 7.05. The van der Waals surface area contributed by atoms with Gasteiger partial charge in [-0.3, -0.25) is 0 Å². The number of hydrogen-bond donors (Lipinski definition) is 1. The second-order valence-electron chi connectivity index (χ2n) is 5.81. The lowest BCUT2D eigenvalue weighted by molar-refractivity contribution is 0.140. The zero-order valence-electron chi connectivity index (χ0n) is 13.7. The SMILES string of the molecule is C=C(C)O[Si](CNC1CCCCC1)(OC(=C)C)OC(=C)C. The van der Waals surface area contributed by atoms with Crippen LogP contribution >= 0.6 is 0 Å². The van der Waals surface area contributed by atoms with E-state index >= 15 is 0 Å². The molecule has 1 aliphatic rings. The van der Waals surface area contributed by atoms with Gasteiger partial charge >= 0.3 is 8.80 Å². The van der Waals surface area contributed by atoms with Crippen LogP contribution in [0, 0.1) is 0 Å². The van der Waals surface area contributed by atoms with E-state index < -0.39 is 8.80 Å². The summed E-state index contributed by atoms with van der Waals surface area (Å²) in [6, 6.07) is 0.502. The van der Waals surface area contributed by atoms with Crippen molar-refractivity contribution < 1.29 is 13.3 Å². The van der Waals surface area contributed by atoms with Crippen LogP contribution in [0.2, 0.25) is 0 Å². The predicted molar refractivity (Wildman–Crippen MR) is 88.3 cm³/mol. The first-order valence-electron chi connectivity index (χ1n) is 7.60. The summed E-state index contributed by atoms with van der Waals surface area (Å²) in [4.78, 5) is 0. The Morgan fingerprint density at radius 3 is 1.71 bits per heavy atom. The van der Waals surface area contributed by atoms with Crippen molar-refractivity contribution in [3.63, 3.8) is 0 Å². The van der Waals surface area contributed by atoms with E-state index in [4.69, 9.17) is 13.3 Å². The van der Waals surface area contributed by atoms with Gasteiger partial charge in [-0.2, -0.15) is 0 Å². The monoisotopic (exact) mass is 311 g/mol. The van der Waals surface area contributed by atoms with Gasteiger partial charge in [0, 0.05) is 6.04 Å². The summed E-state index contributed by atoms with van der Waals surface area (Å²) < 4.78 is 17.6. The summed E-state index contributed by atoms with van der Waals surface area (Å²) in [5.41, 5.74) is 0. The number of allylic oxidation sites excluding steroid dienone is 3. The van der Waals surface area contributed by atoms with Gasteiger partial charge in [-0.05, 0) is 33.6 Å². The van der Waals surface area contributed by atoms with Gasteiger partial charge < -0.3 is 18.6 Å². The van der Waals surface area contributed by atoms with Gasteiger partial charge in [0.15, 0.2) is 0 Å². The van der Waals surface area contributed by atoms with Crippen LogP contribution in [0.1, 0.15) is 52.9 Å². The van der Waals surface area contributed by atoms with Crippen LogP contribution in [0.25, 0.3) is 0 Å². The lowest BCUT2D eigenvalue weighted by Crippen LogP contribution is -2.55. The fraction of sp³-hybridized carbons (Fsp3) is 0.625. The Morgan fingerprint density at radius 2 is 1.33 bits per heavy atom. The van der Waals surface area contributed by atoms with E-state index in [9.17, 15) is 0 Å². The molecule has 0 saturated heterocycles. The summed E-state index contributed by atoms with van der Waals surface area (Å²) in [7, 11) is -2.98. The fourth-order valence-electron chi connectivity index (χ4n) is 2.54. The molecule has 4 nitrogen and oxygen atoms in total. The highest BCUT2D eigenvalue weighted by Gasteiger charge is 2.49. The van der Waals surface area contributed by atoms with Gasteiger partial charge in [-0.25, -0.2) is 0 Å². The van der Waals surface area contributed by atoms with Gasteiger partial charge in [-0.15, -0.1) is 0 Å². The highest BCUT2D eigenvalue weighted by atomic mass is 28.4. The molecule has 0 bridgehead atoms. The van der Waals surface area contributed by atoms with Crippen LogP contribution in [0.4, 0.5) is 0 Å². The zero-order valence-corrected chi connectivity index (χ0v) is 14.7. The zero-order chi connectivity index (χ0) is 15.9. The van der Waals surface area contributed by atoms with E-state index in [-0.39, 0.29) is 0 Å². The lowest BCUT2D eigenvalue weighted by Gasteiger charge is -2.32. The fourth-order valence-corrected chi connectivity index (χ4v) is 5.02. The highest BCUT2D eigenvalue weighted by Crippen LogP contribution is 2.22. The Labute approximate surface area is 130 Å². The van der Waals surface area contributed by atoms with Crippen LogP contribution in [0.15, 0.2) is 37.0 Å². The minimum Gasteiger partial charge on any atom is -0.487 e. The molecule has 21 heavy (non-hydrogen) atoms. The van der Waals surface area contributed by atoms with Crippen molar-refractivity contribution in [1.82, 2.24) is 5.32 Å². The third-order valence-corrected chi connectivity index (χ3v) is 5.82. The maximum atomic E-state index is 5.87. The minimum atomic E-state index is -2.98. The van der Waals surface area contributed by atoms with E-state index in [1.807, 2.05) is 0 Å². The molecule has 1 N–H and O–H groups in total. The maximum absolute atomic E-state index is 5.87. The molecule has 0 radical (unpaired) electrons. The van der Waals surface area contributed by atoms with E-state index in [0.29, 0.717) is 29.5 Å². The van der Waals surface area contributed by atoms with Crippen LogP contribution in [-0.2, 0) is 13.3 Å². The molecule has 0 aromatic heterocycles. The molecule has 120 valence electrons. The van der Waals surface area contributed by atoms with Gasteiger partial charge in [-0.1, -0.05) is 39.0 Å². The molecular weight excluding hydrogens is 282 g/mol. The first-order chi connectivity index (χ1) is 9.83. The average molecular weight is 311 g/mol. The van der Waals surface area contributed by atoms with Crippen molar-refractivity contribution in [2.45, 2.75) is 58.9 Å². The van der Waals surface area contributed by atoms with Crippen LogP contribution < -0.4 is 5.32 Å². The molecule has 1 fully saturated rings. The lowest BCUT2D eigenvalue weighted by atomic mass is 9.96. The maximum Gasteiger partial charge on any atom is 0.713 e. The van der Waals surface area contributed by atoms with Crippen LogP contribution in [0.3, 0.4) is 0 Å². The summed E-state index contributed by atoms with van der Waals surface area (Å²) in [6.07, 6.45) is 6.79. The molecule has 0 atom stereocenters. The van der Waals surface area contributed by atoms with Gasteiger partial charge in [0.05, 0.1) is 17.3 Å². The molecular formula is C16H29NO3Si. The van der Waals surface area contributed by atoms with Crippen molar-refractivity contribution in [3.05, 3.63) is 37.0 Å². The molecule has 0 aromatic carbocycles. The van der Waals surface area contributed by atoms with Gasteiger partial charge in [0.25, 0.3) is 0 Å². The smallest absolute Gasteiger partial charge is 0.487 e. The standard InChI is InChI=1S/C16H29NO3Si/c1-13(2)18-21(19-14(3)4,20-15(5)6)12-17-16-10-8-7-9-11-16/h16-17H,1,3,5,7-12H2,2,4,6H3. The molecule has 5 heteroatoms. The van der Waals surface area contributed by atoms with Crippen molar-refractivity contribution in [3.8, 4) is 0 Å². The van der Waals surface area contributed by atoms with Gasteiger partial charge in [0.1, 0.15) is 6.17 Å². The summed E-state index contributed by atoms with van der Waals surface area (Å²) in [5.74, 6) is 1.74. The van der Waals surface area contributed by atoms with E-state index in [0.717, 1.165) is 0 Å². The summed E-state index contributed by atoms with van der Waals surface area (Å²) in [6.45, 7) is 16.8. The first kappa shape index (κ1) is 17.8. The topological polar surface area (TPSA) is 39.7 Å². The summed E-state index contributed by atoms with van der Waals surface area (Å²) in [5, 5.41) is 3.54. The second-order valence-corrected chi connectivity index (χ2v) is 8.14. The van der Waals surface area contributed by atoms with Crippen molar-refractivity contribution in [2.24, 2.45) is 0 Å². The molecule has 0 heterocycles. The Morgan fingerprint density at radius 1 is 0.905 bits per heavy atom. The largest absolute Gasteiger partial charge is 0.713 e. The van der Waals surface area contributed by atoms with E-state index in [1.54, 1.807) is 20.8 Å². The quantitative estimate of drug-likeness (QED) is 0.515.